The third-order valence-corrected chi connectivity index (χ3v) is 3.59. The number of carbonyl (C=O) groups is 2. The van der Waals surface area contributed by atoms with Crippen molar-refractivity contribution in [2.45, 2.75) is 6.92 Å². The second-order valence-corrected chi connectivity index (χ2v) is 5.57. The van der Waals surface area contributed by atoms with Gasteiger partial charge in [-0.05, 0) is 43.3 Å². The molecule has 7 nitrogen and oxygen atoms in total. The van der Waals surface area contributed by atoms with Crippen molar-refractivity contribution < 1.29 is 23.8 Å². The average molecular weight is 384 g/mol. The average Bonchev–Trinajstić information content (AvgIpc) is 2.74. The molecule has 148 valence electrons. The molecule has 0 fully saturated rings. The van der Waals surface area contributed by atoms with Crippen LogP contribution in [-0.2, 0) is 4.74 Å². The summed E-state index contributed by atoms with van der Waals surface area (Å²) >= 11 is 0. The number of para-hydroxylation sites is 1. The van der Waals surface area contributed by atoms with E-state index in [1.165, 1.54) is 0 Å². The highest BCUT2D eigenvalue weighted by Gasteiger charge is 2.13. The number of benzene rings is 2. The normalized spacial score (nSPS) is 10.0. The van der Waals surface area contributed by atoms with Gasteiger partial charge in [0.15, 0.2) is 0 Å². The van der Waals surface area contributed by atoms with Crippen LogP contribution in [0.1, 0.15) is 27.6 Å². The fourth-order valence-corrected chi connectivity index (χ4v) is 2.25. The molecule has 0 aromatic heterocycles. The lowest BCUT2D eigenvalue weighted by molar-refractivity contribution is 0.0840. The van der Waals surface area contributed by atoms with Gasteiger partial charge in [-0.25, -0.2) is 0 Å². The molecule has 2 rings (SSSR count). The van der Waals surface area contributed by atoms with Crippen LogP contribution in [0.2, 0.25) is 0 Å². The molecule has 0 atom stereocenters. The second kappa shape index (κ2) is 11.4. The van der Waals surface area contributed by atoms with Crippen molar-refractivity contribution in [2.24, 2.45) is 0 Å². The smallest absolute Gasteiger partial charge is 0.273 e. The molecule has 2 aromatic carbocycles. The molecule has 0 aliphatic carbocycles. The number of hydrogen-bond acceptors (Lipinski definition) is 5. The van der Waals surface area contributed by atoms with Crippen LogP contribution in [0, 0.1) is 0 Å². The number of rotatable bonds is 10. The molecule has 2 aromatic rings. The quantitative estimate of drug-likeness (QED) is 0.374. The van der Waals surface area contributed by atoms with Crippen LogP contribution in [0.15, 0.2) is 61.2 Å². The number of hydrazine groups is 1. The number of amides is 2. The molecule has 7 heteroatoms. The van der Waals surface area contributed by atoms with Gasteiger partial charge in [0, 0.05) is 12.2 Å². The largest absolute Gasteiger partial charge is 0.490 e. The first-order valence-electron chi connectivity index (χ1n) is 8.89. The van der Waals surface area contributed by atoms with E-state index in [0.717, 1.165) is 0 Å². The SMILES string of the molecule is C=CCOc1ccc(C(=O)NNC(=O)c2ccccc2OCCOCC)cc1. The fraction of sp³-hybridized carbons (Fsp3) is 0.238. The molecule has 0 radical (unpaired) electrons. The summed E-state index contributed by atoms with van der Waals surface area (Å²) in [5.74, 6) is 0.112. The van der Waals surface area contributed by atoms with Gasteiger partial charge < -0.3 is 14.2 Å². The highest BCUT2D eigenvalue weighted by atomic mass is 16.5. The van der Waals surface area contributed by atoms with E-state index in [0.29, 0.717) is 49.1 Å². The third-order valence-electron chi connectivity index (χ3n) is 3.59. The van der Waals surface area contributed by atoms with E-state index >= 15 is 0 Å². The van der Waals surface area contributed by atoms with Crippen molar-refractivity contribution in [1.29, 1.82) is 0 Å². The van der Waals surface area contributed by atoms with E-state index in [4.69, 9.17) is 14.2 Å². The van der Waals surface area contributed by atoms with Crippen molar-refractivity contribution >= 4 is 11.8 Å². The van der Waals surface area contributed by atoms with Crippen LogP contribution in [0.25, 0.3) is 0 Å². The Labute approximate surface area is 164 Å². The maximum atomic E-state index is 12.4. The van der Waals surface area contributed by atoms with Crippen LogP contribution in [0.4, 0.5) is 0 Å². The van der Waals surface area contributed by atoms with E-state index in [1.54, 1.807) is 54.6 Å². The number of hydrogen-bond donors (Lipinski definition) is 2. The lowest BCUT2D eigenvalue weighted by atomic mass is 10.2. The monoisotopic (exact) mass is 384 g/mol. The Morgan fingerprint density at radius 3 is 2.39 bits per heavy atom. The summed E-state index contributed by atoms with van der Waals surface area (Å²) in [4.78, 5) is 24.6. The van der Waals surface area contributed by atoms with E-state index < -0.39 is 11.8 Å². The van der Waals surface area contributed by atoms with Gasteiger partial charge in [-0.2, -0.15) is 0 Å². The predicted octanol–water partition coefficient (Wildman–Crippen LogP) is 2.74. The topological polar surface area (TPSA) is 85.9 Å². The van der Waals surface area contributed by atoms with E-state index in [-0.39, 0.29) is 0 Å². The summed E-state index contributed by atoms with van der Waals surface area (Å²) in [5, 5.41) is 0. The van der Waals surface area contributed by atoms with Gasteiger partial charge in [0.1, 0.15) is 24.7 Å². The lowest BCUT2D eigenvalue weighted by Crippen LogP contribution is -2.41. The molecule has 0 bridgehead atoms. The highest BCUT2D eigenvalue weighted by Crippen LogP contribution is 2.17. The first-order chi connectivity index (χ1) is 13.7. The molecule has 2 amide bonds. The van der Waals surface area contributed by atoms with Crippen molar-refractivity contribution in [3.8, 4) is 11.5 Å². The molecule has 0 aliphatic heterocycles. The van der Waals surface area contributed by atoms with Gasteiger partial charge in [0.25, 0.3) is 11.8 Å². The summed E-state index contributed by atoms with van der Waals surface area (Å²) in [5.41, 5.74) is 5.48. The molecule has 0 aliphatic rings. The summed E-state index contributed by atoms with van der Waals surface area (Å²) in [7, 11) is 0. The molecule has 0 saturated heterocycles. The van der Waals surface area contributed by atoms with Crippen molar-refractivity contribution in [1.82, 2.24) is 10.9 Å². The molecule has 0 spiro atoms. The van der Waals surface area contributed by atoms with Crippen LogP contribution >= 0.6 is 0 Å². The Morgan fingerprint density at radius 1 is 0.964 bits per heavy atom. The van der Waals surface area contributed by atoms with E-state index in [2.05, 4.69) is 17.4 Å². The van der Waals surface area contributed by atoms with Gasteiger partial charge in [-0.3, -0.25) is 20.4 Å². The predicted molar refractivity (Wildman–Crippen MR) is 105 cm³/mol. The van der Waals surface area contributed by atoms with Crippen molar-refractivity contribution in [3.63, 3.8) is 0 Å². The minimum absolute atomic E-state index is 0.312. The summed E-state index contributed by atoms with van der Waals surface area (Å²) in [6.45, 7) is 7.20. The first kappa shape index (κ1) is 21.0. The second-order valence-electron chi connectivity index (χ2n) is 5.57. The third kappa shape index (κ3) is 6.44. The van der Waals surface area contributed by atoms with Gasteiger partial charge in [0.2, 0.25) is 0 Å². The van der Waals surface area contributed by atoms with Gasteiger partial charge in [-0.1, -0.05) is 24.8 Å². The minimum atomic E-state index is -0.480. The standard InChI is InChI=1S/C21H24N2O5/c1-3-13-27-17-11-9-16(10-12-17)20(24)22-23-21(25)18-7-5-6-8-19(18)28-15-14-26-4-2/h3,5-12H,1,4,13-15H2,2H3,(H,22,24)(H,23,25). The number of nitrogens with one attached hydrogen (secondary N) is 2. The fourth-order valence-electron chi connectivity index (χ4n) is 2.25. The van der Waals surface area contributed by atoms with Gasteiger partial charge in [-0.15, -0.1) is 0 Å². The number of carbonyl (C=O) groups excluding carboxylic acids is 2. The minimum Gasteiger partial charge on any atom is -0.490 e. The molecule has 0 heterocycles. The Bertz CT molecular complexity index is 790. The van der Waals surface area contributed by atoms with E-state index in [1.807, 2.05) is 6.92 Å². The van der Waals surface area contributed by atoms with Crippen LogP contribution < -0.4 is 20.3 Å². The van der Waals surface area contributed by atoms with Crippen molar-refractivity contribution in [3.05, 3.63) is 72.3 Å². The molecule has 2 N–H and O–H groups in total. The molecule has 0 saturated carbocycles. The zero-order valence-corrected chi connectivity index (χ0v) is 15.8. The van der Waals surface area contributed by atoms with Crippen molar-refractivity contribution in [2.75, 3.05) is 26.4 Å². The highest BCUT2D eigenvalue weighted by molar-refractivity contribution is 6.00. The first-order valence-corrected chi connectivity index (χ1v) is 8.89. The van der Waals surface area contributed by atoms with Crippen LogP contribution in [-0.4, -0.2) is 38.2 Å². The molecule has 28 heavy (non-hydrogen) atoms. The summed E-state index contributed by atoms with van der Waals surface area (Å²) < 4.78 is 16.2. The Kier molecular flexibility index (Phi) is 8.55. The number of ether oxygens (including phenoxy) is 3. The summed E-state index contributed by atoms with van der Waals surface area (Å²) in [6.07, 6.45) is 1.63. The van der Waals surface area contributed by atoms with Crippen LogP contribution in [0.5, 0.6) is 11.5 Å². The molecular formula is C21H24N2O5. The van der Waals surface area contributed by atoms with Gasteiger partial charge >= 0.3 is 0 Å². The Balaban J connectivity index is 1.91. The zero-order valence-electron chi connectivity index (χ0n) is 15.8. The molecule has 0 unspecified atom stereocenters. The Hall–Kier alpha value is -3.32. The van der Waals surface area contributed by atoms with Crippen LogP contribution in [0.3, 0.4) is 0 Å². The van der Waals surface area contributed by atoms with Gasteiger partial charge in [0.05, 0.1) is 12.2 Å². The molecular weight excluding hydrogens is 360 g/mol. The maximum absolute atomic E-state index is 12.4. The maximum Gasteiger partial charge on any atom is 0.273 e. The lowest BCUT2D eigenvalue weighted by Gasteiger charge is -2.12. The Morgan fingerprint density at radius 2 is 1.68 bits per heavy atom. The summed E-state index contributed by atoms with van der Waals surface area (Å²) in [6, 6.07) is 13.3. The zero-order chi connectivity index (χ0) is 20.2. The van der Waals surface area contributed by atoms with E-state index in [9.17, 15) is 9.59 Å².